The maximum Gasteiger partial charge on any atom is 0.328 e. The van der Waals surface area contributed by atoms with Gasteiger partial charge in [-0.15, -0.1) is 0 Å². The third-order valence-corrected chi connectivity index (χ3v) is 3.05. The molecule has 0 saturated carbocycles. The van der Waals surface area contributed by atoms with Crippen LogP contribution in [0.4, 0.5) is 4.39 Å². The van der Waals surface area contributed by atoms with E-state index in [-0.39, 0.29) is 12.4 Å². The molecule has 2 aromatic carbocycles. The van der Waals surface area contributed by atoms with E-state index in [0.717, 1.165) is 6.08 Å². The van der Waals surface area contributed by atoms with Crippen molar-refractivity contribution >= 4 is 23.6 Å². The highest BCUT2D eigenvalue weighted by Gasteiger charge is 2.03. The fourth-order valence-electron chi connectivity index (χ4n) is 1.69. The van der Waals surface area contributed by atoms with Gasteiger partial charge in [0, 0.05) is 16.7 Å². The van der Waals surface area contributed by atoms with E-state index in [4.69, 9.17) is 21.4 Å². The van der Waals surface area contributed by atoms with Crippen molar-refractivity contribution < 1.29 is 19.0 Å². The molecule has 0 unspecified atom stereocenters. The van der Waals surface area contributed by atoms with Crippen LogP contribution < -0.4 is 4.74 Å². The van der Waals surface area contributed by atoms with Crippen molar-refractivity contribution in [3.8, 4) is 5.75 Å². The van der Waals surface area contributed by atoms with Crippen LogP contribution in [0.2, 0.25) is 5.02 Å². The van der Waals surface area contributed by atoms with Gasteiger partial charge in [-0.25, -0.2) is 9.18 Å². The second-order valence-corrected chi connectivity index (χ2v) is 4.68. The Hall–Kier alpha value is -2.33. The Labute approximate surface area is 126 Å². The number of halogens is 2. The topological polar surface area (TPSA) is 46.5 Å². The van der Waals surface area contributed by atoms with Gasteiger partial charge < -0.3 is 9.84 Å². The number of hydrogen-bond donors (Lipinski definition) is 1. The van der Waals surface area contributed by atoms with Crippen molar-refractivity contribution in [3.05, 3.63) is 70.5 Å². The summed E-state index contributed by atoms with van der Waals surface area (Å²) < 4.78 is 18.7. The number of ether oxygens (including phenoxy) is 1. The summed E-state index contributed by atoms with van der Waals surface area (Å²) in [5, 5.41) is 9.01. The molecule has 0 radical (unpaired) electrons. The van der Waals surface area contributed by atoms with Crippen LogP contribution in [0.25, 0.3) is 6.08 Å². The Kier molecular flexibility index (Phi) is 4.95. The molecule has 0 atom stereocenters. The molecule has 5 heteroatoms. The van der Waals surface area contributed by atoms with Crippen molar-refractivity contribution in [2.75, 3.05) is 0 Å². The SMILES string of the molecule is O=C(O)/C=C/c1cccc(OCc2cc(F)ccc2Cl)c1. The Morgan fingerprint density at radius 2 is 2.10 bits per heavy atom. The number of hydrogen-bond acceptors (Lipinski definition) is 2. The minimum atomic E-state index is -1.02. The van der Waals surface area contributed by atoms with Gasteiger partial charge in [0.25, 0.3) is 0 Å². The maximum absolute atomic E-state index is 13.1. The van der Waals surface area contributed by atoms with Gasteiger partial charge in [0.05, 0.1) is 0 Å². The van der Waals surface area contributed by atoms with E-state index in [1.165, 1.54) is 24.3 Å². The third-order valence-electron chi connectivity index (χ3n) is 2.68. The average Bonchev–Trinajstić information content (AvgIpc) is 2.46. The zero-order chi connectivity index (χ0) is 15.2. The third kappa shape index (κ3) is 4.61. The summed E-state index contributed by atoms with van der Waals surface area (Å²) in [7, 11) is 0. The van der Waals surface area contributed by atoms with Gasteiger partial charge >= 0.3 is 5.97 Å². The summed E-state index contributed by atoms with van der Waals surface area (Å²) >= 11 is 5.96. The Bertz CT molecular complexity index is 683. The molecule has 21 heavy (non-hydrogen) atoms. The number of benzene rings is 2. The first kappa shape index (κ1) is 15.1. The standard InChI is InChI=1S/C16H12ClFO3/c17-15-6-5-13(18)9-12(15)10-21-14-3-1-2-11(8-14)4-7-16(19)20/h1-9H,10H2,(H,19,20)/b7-4+. The highest BCUT2D eigenvalue weighted by atomic mass is 35.5. The minimum absolute atomic E-state index is 0.128. The van der Waals surface area contributed by atoms with Gasteiger partial charge in [-0.1, -0.05) is 23.7 Å². The molecule has 0 aromatic heterocycles. The molecule has 0 aliphatic heterocycles. The van der Waals surface area contributed by atoms with E-state index < -0.39 is 5.97 Å². The minimum Gasteiger partial charge on any atom is -0.489 e. The molecular weight excluding hydrogens is 295 g/mol. The second-order valence-electron chi connectivity index (χ2n) is 4.27. The summed E-state index contributed by atoms with van der Waals surface area (Å²) in [6, 6.07) is 11.0. The molecule has 0 fully saturated rings. The Balaban J connectivity index is 2.08. The first-order valence-electron chi connectivity index (χ1n) is 6.12. The van der Waals surface area contributed by atoms with E-state index in [1.807, 2.05) is 0 Å². The Morgan fingerprint density at radius 3 is 2.86 bits per heavy atom. The van der Waals surface area contributed by atoms with Crippen LogP contribution in [0, 0.1) is 5.82 Å². The molecule has 0 saturated heterocycles. The van der Waals surface area contributed by atoms with Crippen LogP contribution in [0.5, 0.6) is 5.75 Å². The molecule has 3 nitrogen and oxygen atoms in total. The first-order chi connectivity index (χ1) is 10.0. The summed E-state index contributed by atoms with van der Waals surface area (Å²) in [5.41, 5.74) is 1.24. The van der Waals surface area contributed by atoms with Crippen LogP contribution in [-0.2, 0) is 11.4 Å². The predicted octanol–water partition coefficient (Wildman–Crippen LogP) is 4.16. The largest absolute Gasteiger partial charge is 0.489 e. The molecule has 2 rings (SSSR count). The molecule has 0 bridgehead atoms. The zero-order valence-corrected chi connectivity index (χ0v) is 11.7. The van der Waals surface area contributed by atoms with Crippen molar-refractivity contribution in [2.45, 2.75) is 6.61 Å². The molecule has 0 amide bonds. The van der Waals surface area contributed by atoms with Crippen LogP contribution in [0.1, 0.15) is 11.1 Å². The molecule has 1 N–H and O–H groups in total. The van der Waals surface area contributed by atoms with Crippen molar-refractivity contribution in [1.82, 2.24) is 0 Å². The highest BCUT2D eigenvalue weighted by Crippen LogP contribution is 2.21. The van der Waals surface area contributed by atoms with E-state index in [1.54, 1.807) is 24.3 Å². The monoisotopic (exact) mass is 306 g/mol. The van der Waals surface area contributed by atoms with Crippen LogP contribution in [-0.4, -0.2) is 11.1 Å². The van der Waals surface area contributed by atoms with Crippen LogP contribution >= 0.6 is 11.6 Å². The Morgan fingerprint density at radius 1 is 1.29 bits per heavy atom. The fraction of sp³-hybridized carbons (Fsp3) is 0.0625. The maximum atomic E-state index is 13.1. The summed E-state index contributed by atoms with van der Waals surface area (Å²) in [4.78, 5) is 10.5. The normalized spacial score (nSPS) is 10.8. The van der Waals surface area contributed by atoms with E-state index in [0.29, 0.717) is 21.9 Å². The summed E-state index contributed by atoms with van der Waals surface area (Å²) in [6.07, 6.45) is 2.51. The molecule has 0 aliphatic rings. The number of aliphatic carboxylic acids is 1. The van der Waals surface area contributed by atoms with Crippen molar-refractivity contribution in [2.24, 2.45) is 0 Å². The molecule has 2 aromatic rings. The van der Waals surface area contributed by atoms with E-state index >= 15 is 0 Å². The van der Waals surface area contributed by atoms with Crippen molar-refractivity contribution in [3.63, 3.8) is 0 Å². The second kappa shape index (κ2) is 6.90. The van der Waals surface area contributed by atoms with Gasteiger partial charge in [-0.05, 0) is 42.0 Å². The lowest BCUT2D eigenvalue weighted by molar-refractivity contribution is -0.131. The molecule has 0 spiro atoms. The lowest BCUT2D eigenvalue weighted by Crippen LogP contribution is -1.97. The molecular formula is C16H12ClFO3. The van der Waals surface area contributed by atoms with Gasteiger partial charge in [-0.2, -0.15) is 0 Å². The molecule has 108 valence electrons. The number of carboxylic acids is 1. The van der Waals surface area contributed by atoms with Gasteiger partial charge in [-0.3, -0.25) is 0 Å². The first-order valence-corrected chi connectivity index (χ1v) is 6.50. The van der Waals surface area contributed by atoms with Gasteiger partial charge in [0.2, 0.25) is 0 Å². The van der Waals surface area contributed by atoms with E-state index in [2.05, 4.69) is 0 Å². The quantitative estimate of drug-likeness (QED) is 0.844. The zero-order valence-electron chi connectivity index (χ0n) is 10.9. The molecule has 0 heterocycles. The lowest BCUT2D eigenvalue weighted by Gasteiger charge is -2.08. The summed E-state index contributed by atoms with van der Waals surface area (Å²) in [6.45, 7) is 0.128. The predicted molar refractivity (Wildman–Crippen MR) is 78.9 cm³/mol. The molecule has 0 aliphatic carbocycles. The number of rotatable bonds is 5. The summed E-state index contributed by atoms with van der Waals surface area (Å²) in [5.74, 6) is -0.855. The van der Waals surface area contributed by atoms with Crippen LogP contribution in [0.3, 0.4) is 0 Å². The van der Waals surface area contributed by atoms with Gasteiger partial charge in [0.15, 0.2) is 0 Å². The average molecular weight is 307 g/mol. The number of carboxylic acid groups (broad SMARTS) is 1. The lowest BCUT2D eigenvalue weighted by atomic mass is 10.2. The van der Waals surface area contributed by atoms with Crippen molar-refractivity contribution in [1.29, 1.82) is 0 Å². The van der Waals surface area contributed by atoms with Crippen LogP contribution in [0.15, 0.2) is 48.5 Å². The fourth-order valence-corrected chi connectivity index (χ4v) is 1.86. The van der Waals surface area contributed by atoms with Gasteiger partial charge in [0.1, 0.15) is 18.2 Å². The van der Waals surface area contributed by atoms with E-state index in [9.17, 15) is 9.18 Å². The smallest absolute Gasteiger partial charge is 0.328 e. The number of carbonyl (C=O) groups is 1. The highest BCUT2D eigenvalue weighted by molar-refractivity contribution is 6.31.